The summed E-state index contributed by atoms with van der Waals surface area (Å²) >= 11 is 0. The standard InChI is InChI=1S/C17H26O3/c1-13-12-16(2,3)20-17(4,19-13)11-10-14-6-8-15(18-5)9-7-14/h6-9,13H,10-12H2,1-5H3/t13-,17+/m0/s1. The Morgan fingerprint density at radius 2 is 1.85 bits per heavy atom. The van der Waals surface area contributed by atoms with E-state index in [0.717, 1.165) is 25.0 Å². The molecule has 1 saturated heterocycles. The smallest absolute Gasteiger partial charge is 0.166 e. The van der Waals surface area contributed by atoms with Crippen molar-refractivity contribution >= 4 is 0 Å². The summed E-state index contributed by atoms with van der Waals surface area (Å²) in [6, 6.07) is 8.18. The lowest BCUT2D eigenvalue weighted by atomic mass is 9.96. The zero-order chi connectivity index (χ0) is 14.8. The van der Waals surface area contributed by atoms with Crippen molar-refractivity contribution in [3.8, 4) is 5.75 Å². The van der Waals surface area contributed by atoms with Gasteiger partial charge in [-0.05, 0) is 51.8 Å². The average molecular weight is 278 g/mol. The Hall–Kier alpha value is -1.06. The van der Waals surface area contributed by atoms with Gasteiger partial charge in [-0.15, -0.1) is 0 Å². The number of aryl methyl sites for hydroxylation is 1. The molecule has 0 aliphatic carbocycles. The van der Waals surface area contributed by atoms with Crippen LogP contribution in [0.1, 0.15) is 46.1 Å². The van der Waals surface area contributed by atoms with Gasteiger partial charge >= 0.3 is 0 Å². The molecule has 0 spiro atoms. The second-order valence-corrected chi connectivity index (χ2v) is 6.48. The highest BCUT2D eigenvalue weighted by Gasteiger charge is 2.41. The maximum absolute atomic E-state index is 6.15. The lowest BCUT2D eigenvalue weighted by Gasteiger charge is -2.46. The van der Waals surface area contributed by atoms with Crippen LogP contribution < -0.4 is 4.74 Å². The topological polar surface area (TPSA) is 27.7 Å². The number of hydrogen-bond donors (Lipinski definition) is 0. The normalized spacial score (nSPS) is 29.1. The average Bonchev–Trinajstić information content (AvgIpc) is 2.34. The highest BCUT2D eigenvalue weighted by Crippen LogP contribution is 2.36. The summed E-state index contributed by atoms with van der Waals surface area (Å²) in [5, 5.41) is 0. The predicted molar refractivity (Wildman–Crippen MR) is 80.0 cm³/mol. The number of rotatable bonds is 4. The van der Waals surface area contributed by atoms with Gasteiger partial charge in [0.15, 0.2) is 5.79 Å². The Kier molecular flexibility index (Phi) is 4.40. The number of benzene rings is 1. The Morgan fingerprint density at radius 3 is 2.40 bits per heavy atom. The quantitative estimate of drug-likeness (QED) is 0.834. The minimum absolute atomic E-state index is 0.119. The van der Waals surface area contributed by atoms with Crippen molar-refractivity contribution in [2.75, 3.05) is 7.11 Å². The van der Waals surface area contributed by atoms with Crippen molar-refractivity contribution in [2.24, 2.45) is 0 Å². The highest BCUT2D eigenvalue weighted by molar-refractivity contribution is 5.27. The van der Waals surface area contributed by atoms with Crippen LogP contribution in [0.3, 0.4) is 0 Å². The molecule has 112 valence electrons. The van der Waals surface area contributed by atoms with Crippen molar-refractivity contribution < 1.29 is 14.2 Å². The fraction of sp³-hybridized carbons (Fsp3) is 0.647. The van der Waals surface area contributed by atoms with Crippen molar-refractivity contribution in [3.05, 3.63) is 29.8 Å². The van der Waals surface area contributed by atoms with Crippen molar-refractivity contribution in [1.82, 2.24) is 0 Å². The molecule has 1 aromatic carbocycles. The lowest BCUT2D eigenvalue weighted by molar-refractivity contribution is -0.332. The van der Waals surface area contributed by atoms with E-state index in [4.69, 9.17) is 14.2 Å². The van der Waals surface area contributed by atoms with Crippen LogP contribution in [0.4, 0.5) is 0 Å². The third kappa shape index (κ3) is 3.97. The summed E-state index contributed by atoms with van der Waals surface area (Å²) in [7, 11) is 1.68. The van der Waals surface area contributed by atoms with E-state index in [1.165, 1.54) is 5.56 Å². The summed E-state index contributed by atoms with van der Waals surface area (Å²) in [5.41, 5.74) is 1.15. The molecule has 0 aromatic heterocycles. The third-order valence-electron chi connectivity index (χ3n) is 3.75. The second kappa shape index (κ2) is 5.74. The van der Waals surface area contributed by atoms with Gasteiger partial charge in [0, 0.05) is 12.8 Å². The van der Waals surface area contributed by atoms with Crippen molar-refractivity contribution in [2.45, 2.75) is 64.4 Å². The van der Waals surface area contributed by atoms with Crippen LogP contribution in [0.15, 0.2) is 24.3 Å². The summed E-state index contributed by atoms with van der Waals surface area (Å²) in [4.78, 5) is 0. The molecule has 0 unspecified atom stereocenters. The molecule has 3 nitrogen and oxygen atoms in total. The molecule has 1 aliphatic heterocycles. The van der Waals surface area contributed by atoms with Crippen LogP contribution in [-0.4, -0.2) is 24.6 Å². The maximum atomic E-state index is 6.15. The maximum Gasteiger partial charge on any atom is 0.166 e. The molecule has 1 aliphatic rings. The molecule has 0 radical (unpaired) electrons. The predicted octanol–water partition coefficient (Wildman–Crippen LogP) is 3.95. The van der Waals surface area contributed by atoms with Crippen LogP contribution in [0.25, 0.3) is 0 Å². The van der Waals surface area contributed by atoms with Gasteiger partial charge in [-0.1, -0.05) is 12.1 Å². The molecule has 0 saturated carbocycles. The molecule has 2 atom stereocenters. The van der Waals surface area contributed by atoms with Crippen LogP contribution in [0, 0.1) is 0 Å². The highest BCUT2D eigenvalue weighted by atomic mass is 16.7. The molecular formula is C17H26O3. The van der Waals surface area contributed by atoms with E-state index in [-0.39, 0.29) is 11.7 Å². The zero-order valence-electron chi connectivity index (χ0n) is 13.2. The van der Waals surface area contributed by atoms with Gasteiger partial charge in [0.25, 0.3) is 0 Å². The van der Waals surface area contributed by atoms with E-state index in [1.54, 1.807) is 7.11 Å². The summed E-state index contributed by atoms with van der Waals surface area (Å²) < 4.78 is 17.4. The van der Waals surface area contributed by atoms with Gasteiger partial charge in [-0.3, -0.25) is 0 Å². The molecular weight excluding hydrogens is 252 g/mol. The van der Waals surface area contributed by atoms with E-state index in [0.29, 0.717) is 0 Å². The molecule has 0 bridgehead atoms. The number of ether oxygens (including phenoxy) is 3. The Bertz CT molecular complexity index is 438. The minimum atomic E-state index is -0.499. The van der Waals surface area contributed by atoms with Gasteiger partial charge in [0.1, 0.15) is 5.75 Å². The van der Waals surface area contributed by atoms with Crippen LogP contribution >= 0.6 is 0 Å². The molecule has 1 heterocycles. The van der Waals surface area contributed by atoms with Crippen molar-refractivity contribution in [3.63, 3.8) is 0 Å². The Morgan fingerprint density at radius 1 is 1.20 bits per heavy atom. The number of methoxy groups -OCH3 is 1. The van der Waals surface area contributed by atoms with Gasteiger partial charge in [0.2, 0.25) is 0 Å². The third-order valence-corrected chi connectivity index (χ3v) is 3.75. The molecule has 1 aromatic rings. The first-order valence-electron chi connectivity index (χ1n) is 7.33. The lowest BCUT2D eigenvalue weighted by Crippen LogP contribution is -2.50. The Balaban J connectivity index is 1.97. The molecule has 2 rings (SSSR count). The summed E-state index contributed by atoms with van der Waals surface area (Å²) in [5.74, 6) is 0.390. The van der Waals surface area contributed by atoms with Gasteiger partial charge in [-0.2, -0.15) is 0 Å². The molecule has 20 heavy (non-hydrogen) atoms. The molecule has 0 amide bonds. The first-order chi connectivity index (χ1) is 9.32. The van der Waals surface area contributed by atoms with E-state index < -0.39 is 5.79 Å². The first kappa shape index (κ1) is 15.3. The van der Waals surface area contributed by atoms with Gasteiger partial charge in [-0.25, -0.2) is 0 Å². The van der Waals surface area contributed by atoms with E-state index in [1.807, 2.05) is 19.1 Å². The Labute approximate surface area is 122 Å². The first-order valence-corrected chi connectivity index (χ1v) is 7.33. The van der Waals surface area contributed by atoms with Gasteiger partial charge < -0.3 is 14.2 Å². The van der Waals surface area contributed by atoms with E-state index in [9.17, 15) is 0 Å². The van der Waals surface area contributed by atoms with Crippen LogP contribution in [0.5, 0.6) is 5.75 Å². The molecule has 3 heteroatoms. The molecule has 1 fully saturated rings. The minimum Gasteiger partial charge on any atom is -0.497 e. The fourth-order valence-corrected chi connectivity index (χ4v) is 3.08. The van der Waals surface area contributed by atoms with Gasteiger partial charge in [0.05, 0.1) is 18.8 Å². The summed E-state index contributed by atoms with van der Waals surface area (Å²) in [6.45, 7) is 8.44. The monoisotopic (exact) mass is 278 g/mol. The SMILES string of the molecule is COc1ccc(CC[C@]2(C)O[C@@H](C)CC(C)(C)O2)cc1. The van der Waals surface area contributed by atoms with Crippen LogP contribution in [0.2, 0.25) is 0 Å². The second-order valence-electron chi connectivity index (χ2n) is 6.48. The van der Waals surface area contributed by atoms with E-state index in [2.05, 4.69) is 32.9 Å². The molecule has 0 N–H and O–H groups in total. The summed E-state index contributed by atoms with van der Waals surface area (Å²) in [6.07, 6.45) is 2.96. The zero-order valence-corrected chi connectivity index (χ0v) is 13.2. The van der Waals surface area contributed by atoms with Crippen molar-refractivity contribution in [1.29, 1.82) is 0 Å². The fourth-order valence-electron chi connectivity index (χ4n) is 3.08. The largest absolute Gasteiger partial charge is 0.497 e. The van der Waals surface area contributed by atoms with Crippen LogP contribution in [-0.2, 0) is 15.9 Å². The van der Waals surface area contributed by atoms with E-state index >= 15 is 0 Å². The number of hydrogen-bond acceptors (Lipinski definition) is 3.